The lowest BCUT2D eigenvalue weighted by Gasteiger charge is -2.23. The van der Waals surface area contributed by atoms with Crippen LogP contribution in [0.1, 0.15) is 34.5 Å². The number of nitrogens with one attached hydrogen (secondary N) is 1. The highest BCUT2D eigenvalue weighted by Crippen LogP contribution is 2.27. The number of nitrogens with two attached hydrogens (primary N) is 1. The van der Waals surface area contributed by atoms with Gasteiger partial charge < -0.3 is 15.8 Å². The smallest absolute Gasteiger partial charge is 0.451 e. The summed E-state index contributed by atoms with van der Waals surface area (Å²) in [7, 11) is 0. The van der Waals surface area contributed by atoms with E-state index in [1.54, 1.807) is 60.7 Å². The fourth-order valence-electron chi connectivity index (χ4n) is 3.52. The summed E-state index contributed by atoms with van der Waals surface area (Å²) in [6.45, 7) is 0.927. The lowest BCUT2D eigenvalue weighted by atomic mass is 10.0. The molecule has 188 valence electrons. The summed E-state index contributed by atoms with van der Waals surface area (Å²) in [4.78, 5) is 38.5. The summed E-state index contributed by atoms with van der Waals surface area (Å²) in [5.41, 5.74) is 7.65. The molecular weight excluding hydrogens is 475 g/mol. The topological polar surface area (TPSA) is 102 Å². The molecule has 0 aliphatic heterocycles. The Morgan fingerprint density at radius 3 is 2.17 bits per heavy atom. The zero-order chi connectivity index (χ0) is 26.3. The highest BCUT2D eigenvalue weighted by atomic mass is 19.4. The molecule has 3 aromatic rings. The van der Waals surface area contributed by atoms with Crippen molar-refractivity contribution < 1.29 is 32.3 Å². The summed E-state index contributed by atoms with van der Waals surface area (Å²) in [5, 5.41) is 2.68. The number of rotatable bonds is 8. The highest BCUT2D eigenvalue weighted by Gasteiger charge is 2.42. The van der Waals surface area contributed by atoms with Crippen LogP contribution in [0.3, 0.4) is 0 Å². The van der Waals surface area contributed by atoms with Gasteiger partial charge in [-0.05, 0) is 54.4 Å². The molecule has 1 atom stereocenters. The molecule has 36 heavy (non-hydrogen) atoms. The molecule has 2 amide bonds. The predicted octanol–water partition coefficient (Wildman–Crippen LogP) is 4.60. The van der Waals surface area contributed by atoms with Crippen LogP contribution in [-0.4, -0.2) is 30.5 Å². The van der Waals surface area contributed by atoms with Gasteiger partial charge in [0.05, 0.1) is 0 Å². The van der Waals surface area contributed by atoms with Crippen LogP contribution in [0, 0.1) is 0 Å². The third-order valence-electron chi connectivity index (χ3n) is 5.24. The molecule has 3 rings (SSSR count). The fraction of sp³-hybridized carbons (Fsp3) is 0.192. The Kier molecular flexibility index (Phi) is 8.44. The van der Waals surface area contributed by atoms with Gasteiger partial charge in [0.15, 0.2) is 0 Å². The van der Waals surface area contributed by atoms with E-state index in [0.29, 0.717) is 22.5 Å². The van der Waals surface area contributed by atoms with Crippen LogP contribution in [0.4, 0.5) is 24.5 Å². The van der Waals surface area contributed by atoms with Crippen molar-refractivity contribution in [3.63, 3.8) is 0 Å². The van der Waals surface area contributed by atoms with Crippen LogP contribution < -0.4 is 16.0 Å². The van der Waals surface area contributed by atoms with E-state index in [1.807, 2.05) is 0 Å². The second-order valence-electron chi connectivity index (χ2n) is 7.80. The number of anilines is 2. The third kappa shape index (κ3) is 6.70. The van der Waals surface area contributed by atoms with E-state index in [4.69, 9.17) is 5.73 Å². The summed E-state index contributed by atoms with van der Waals surface area (Å²) in [6.07, 6.45) is -6.33. The first-order valence-corrected chi connectivity index (χ1v) is 10.9. The van der Waals surface area contributed by atoms with Gasteiger partial charge >= 0.3 is 12.1 Å². The van der Waals surface area contributed by atoms with Crippen molar-refractivity contribution in [2.75, 3.05) is 16.8 Å². The fourth-order valence-corrected chi connectivity index (χ4v) is 3.52. The maximum Gasteiger partial charge on any atom is 0.490 e. The van der Waals surface area contributed by atoms with Gasteiger partial charge in [0.2, 0.25) is 5.91 Å². The Bertz CT molecular complexity index is 1220. The van der Waals surface area contributed by atoms with Crippen molar-refractivity contribution in [2.45, 2.75) is 25.7 Å². The number of halogens is 3. The van der Waals surface area contributed by atoms with Crippen molar-refractivity contribution in [2.24, 2.45) is 5.73 Å². The number of esters is 1. The van der Waals surface area contributed by atoms with E-state index in [2.05, 4.69) is 10.1 Å². The number of hydrogen-bond acceptors (Lipinski definition) is 5. The van der Waals surface area contributed by atoms with E-state index < -0.39 is 24.2 Å². The van der Waals surface area contributed by atoms with E-state index in [0.717, 1.165) is 0 Å². The standard InChI is InChI=1S/C26H24F3N3O4/c1-17(36-25(35)26(27,28)29)22-13-12-20(14-19(22)15-30)31-23(33)16-32(21-10-6-3-7-11-21)24(34)18-8-4-2-5-9-18/h2-14,17H,15-16,30H2,1H3,(H,31,33). The molecule has 3 aromatic carbocycles. The van der Waals surface area contributed by atoms with Gasteiger partial charge in [0.1, 0.15) is 12.6 Å². The quantitative estimate of drug-likeness (QED) is 0.441. The molecule has 0 radical (unpaired) electrons. The number of ether oxygens (including phenoxy) is 1. The molecule has 0 saturated heterocycles. The van der Waals surface area contributed by atoms with Gasteiger partial charge in [-0.2, -0.15) is 13.2 Å². The molecule has 0 fully saturated rings. The molecule has 0 spiro atoms. The van der Waals surface area contributed by atoms with Gasteiger partial charge in [0, 0.05) is 23.5 Å². The van der Waals surface area contributed by atoms with E-state index in [-0.39, 0.29) is 24.6 Å². The monoisotopic (exact) mass is 499 g/mol. The molecule has 0 bridgehead atoms. The average molecular weight is 499 g/mol. The van der Waals surface area contributed by atoms with Crippen LogP contribution in [0.5, 0.6) is 0 Å². The summed E-state index contributed by atoms with van der Waals surface area (Å²) < 4.78 is 42.1. The van der Waals surface area contributed by atoms with Crippen molar-refractivity contribution in [1.82, 2.24) is 0 Å². The molecule has 3 N–H and O–H groups in total. The minimum Gasteiger partial charge on any atom is -0.451 e. The Balaban J connectivity index is 1.77. The van der Waals surface area contributed by atoms with Crippen molar-refractivity contribution >= 4 is 29.2 Å². The molecule has 0 heterocycles. The molecule has 1 unspecified atom stereocenters. The number of amides is 2. The largest absolute Gasteiger partial charge is 0.490 e. The lowest BCUT2D eigenvalue weighted by molar-refractivity contribution is -0.204. The van der Waals surface area contributed by atoms with E-state index in [9.17, 15) is 27.6 Å². The molecule has 10 heteroatoms. The number of para-hydroxylation sites is 1. The molecular formula is C26H24F3N3O4. The number of benzene rings is 3. The summed E-state index contributed by atoms with van der Waals surface area (Å²) >= 11 is 0. The third-order valence-corrected chi connectivity index (χ3v) is 5.24. The van der Waals surface area contributed by atoms with Crippen LogP contribution in [0.15, 0.2) is 78.9 Å². The zero-order valence-corrected chi connectivity index (χ0v) is 19.3. The van der Waals surface area contributed by atoms with Gasteiger partial charge in [0.25, 0.3) is 5.91 Å². The Labute approximate surface area is 205 Å². The SMILES string of the molecule is CC(OC(=O)C(F)(F)F)c1ccc(NC(=O)CN(C(=O)c2ccccc2)c2ccccc2)cc1CN. The van der Waals surface area contributed by atoms with Crippen LogP contribution in [0.2, 0.25) is 0 Å². The van der Waals surface area contributed by atoms with Gasteiger partial charge in [-0.15, -0.1) is 0 Å². The highest BCUT2D eigenvalue weighted by molar-refractivity contribution is 6.10. The molecule has 0 aromatic heterocycles. The minimum atomic E-state index is -5.12. The second kappa shape index (κ2) is 11.5. The van der Waals surface area contributed by atoms with Crippen molar-refractivity contribution in [1.29, 1.82) is 0 Å². The van der Waals surface area contributed by atoms with Crippen molar-refractivity contribution in [3.8, 4) is 0 Å². The first-order chi connectivity index (χ1) is 17.1. The summed E-state index contributed by atoms with van der Waals surface area (Å²) in [5.74, 6) is -3.18. The molecule has 0 aliphatic rings. The normalized spacial score (nSPS) is 11.9. The number of nitrogens with zero attached hydrogens (tertiary/aromatic N) is 1. The number of alkyl halides is 3. The molecule has 0 aliphatic carbocycles. The van der Waals surface area contributed by atoms with Crippen LogP contribution >= 0.6 is 0 Å². The maximum absolute atomic E-state index is 13.1. The first-order valence-electron chi connectivity index (χ1n) is 10.9. The predicted molar refractivity (Wildman–Crippen MR) is 128 cm³/mol. The van der Waals surface area contributed by atoms with Gasteiger partial charge in [-0.3, -0.25) is 14.5 Å². The lowest BCUT2D eigenvalue weighted by Crippen LogP contribution is -2.38. The minimum absolute atomic E-state index is 0.0738. The molecule has 0 saturated carbocycles. The Morgan fingerprint density at radius 1 is 0.972 bits per heavy atom. The van der Waals surface area contributed by atoms with Crippen LogP contribution in [0.25, 0.3) is 0 Å². The van der Waals surface area contributed by atoms with Crippen LogP contribution in [-0.2, 0) is 20.9 Å². The second-order valence-corrected chi connectivity index (χ2v) is 7.80. The van der Waals surface area contributed by atoms with Crippen molar-refractivity contribution in [3.05, 3.63) is 95.6 Å². The molecule has 7 nitrogen and oxygen atoms in total. The Hall–Kier alpha value is -4.18. The number of hydrogen-bond donors (Lipinski definition) is 2. The first kappa shape index (κ1) is 26.4. The van der Waals surface area contributed by atoms with E-state index >= 15 is 0 Å². The van der Waals surface area contributed by atoms with Gasteiger partial charge in [-0.25, -0.2) is 4.79 Å². The number of carbonyl (C=O) groups is 3. The van der Waals surface area contributed by atoms with Gasteiger partial charge in [-0.1, -0.05) is 42.5 Å². The number of carbonyl (C=O) groups excluding carboxylic acids is 3. The average Bonchev–Trinajstić information content (AvgIpc) is 2.87. The zero-order valence-electron chi connectivity index (χ0n) is 19.3. The van der Waals surface area contributed by atoms with E-state index in [1.165, 1.54) is 30.0 Å². The summed E-state index contributed by atoms with van der Waals surface area (Å²) in [6, 6.07) is 21.6. The maximum atomic E-state index is 13.1. The Morgan fingerprint density at radius 2 is 1.58 bits per heavy atom.